The lowest BCUT2D eigenvalue weighted by Crippen LogP contribution is -2.40. The number of anilines is 1. The van der Waals surface area contributed by atoms with Crippen LogP contribution in [0.1, 0.15) is 42.9 Å². The maximum Gasteiger partial charge on any atom is 0.224 e. The van der Waals surface area contributed by atoms with Gasteiger partial charge in [-0.3, -0.25) is 4.79 Å². The van der Waals surface area contributed by atoms with E-state index in [2.05, 4.69) is 20.9 Å². The fourth-order valence-corrected chi connectivity index (χ4v) is 3.61. The molecule has 1 aromatic carbocycles. The van der Waals surface area contributed by atoms with Gasteiger partial charge in [-0.1, -0.05) is 0 Å². The molecule has 168 valence electrons. The Morgan fingerprint density at radius 2 is 2.10 bits per heavy atom. The minimum Gasteiger partial charge on any atom is -0.492 e. The van der Waals surface area contributed by atoms with Crippen LogP contribution in [0.25, 0.3) is 0 Å². The number of nitrogens with zero attached hydrogens (tertiary/aromatic N) is 1. The summed E-state index contributed by atoms with van der Waals surface area (Å²) in [5, 5.41) is 20.1. The van der Waals surface area contributed by atoms with Crippen LogP contribution in [0.2, 0.25) is 0 Å². The molecule has 0 aliphatic carbocycles. The Labute approximate surface area is 183 Å². The van der Waals surface area contributed by atoms with Gasteiger partial charge in [0.05, 0.1) is 13.1 Å². The first-order valence-corrected chi connectivity index (χ1v) is 10.7. The molecular formula is C23H32N4O4. The molecule has 4 N–H and O–H groups in total. The van der Waals surface area contributed by atoms with Crippen molar-refractivity contribution in [3.63, 3.8) is 0 Å². The first-order chi connectivity index (χ1) is 14.8. The van der Waals surface area contributed by atoms with Crippen LogP contribution >= 0.6 is 0 Å². The van der Waals surface area contributed by atoms with Gasteiger partial charge in [0.2, 0.25) is 5.91 Å². The first-order valence-electron chi connectivity index (χ1n) is 10.7. The highest BCUT2D eigenvalue weighted by Crippen LogP contribution is 2.28. The molecule has 1 aliphatic rings. The van der Waals surface area contributed by atoms with Crippen molar-refractivity contribution in [3.8, 4) is 5.75 Å². The van der Waals surface area contributed by atoms with Crippen LogP contribution < -0.4 is 20.7 Å². The molecule has 0 saturated heterocycles. The second kappa shape index (κ2) is 9.87. The van der Waals surface area contributed by atoms with Gasteiger partial charge in [-0.05, 0) is 63.9 Å². The van der Waals surface area contributed by atoms with Crippen LogP contribution in [0.4, 0.5) is 5.69 Å². The van der Waals surface area contributed by atoms with Crippen molar-refractivity contribution in [1.29, 1.82) is 0 Å². The minimum absolute atomic E-state index is 0.0534. The molecule has 3 rings (SSSR count). The Hall–Kier alpha value is -3.00. The number of hydrogen-bond donors (Lipinski definition) is 4. The van der Waals surface area contributed by atoms with E-state index in [0.29, 0.717) is 37.8 Å². The van der Waals surface area contributed by atoms with E-state index in [1.165, 1.54) is 0 Å². The van der Waals surface area contributed by atoms with E-state index in [0.717, 1.165) is 34.7 Å². The van der Waals surface area contributed by atoms with Crippen LogP contribution in [0, 0.1) is 13.8 Å². The van der Waals surface area contributed by atoms with Crippen molar-refractivity contribution in [2.75, 3.05) is 31.6 Å². The number of ether oxygens (including phenoxy) is 1. The average molecular weight is 429 g/mol. The van der Waals surface area contributed by atoms with Gasteiger partial charge in [-0.25, -0.2) is 4.99 Å². The number of aliphatic imine (C=N–C) groups is 1. The number of fused-ring (bicyclic) bond motifs is 1. The van der Waals surface area contributed by atoms with Crippen molar-refractivity contribution in [2.45, 2.75) is 46.1 Å². The number of nitrogens with one attached hydrogen (secondary N) is 3. The summed E-state index contributed by atoms with van der Waals surface area (Å²) in [5.41, 5.74) is 1.57. The van der Waals surface area contributed by atoms with E-state index in [1.807, 2.05) is 45.0 Å². The third-order valence-corrected chi connectivity index (χ3v) is 5.15. The summed E-state index contributed by atoms with van der Waals surface area (Å²) < 4.78 is 11.4. The lowest BCUT2D eigenvalue weighted by atomic mass is 9.96. The predicted molar refractivity (Wildman–Crippen MR) is 121 cm³/mol. The van der Waals surface area contributed by atoms with Gasteiger partial charge in [0.15, 0.2) is 5.96 Å². The normalized spacial score (nSPS) is 15.6. The molecule has 0 spiro atoms. The fraction of sp³-hybridized carbons (Fsp3) is 0.478. The number of aryl methyl sites for hydroxylation is 3. The van der Waals surface area contributed by atoms with E-state index in [9.17, 15) is 9.90 Å². The van der Waals surface area contributed by atoms with Crippen molar-refractivity contribution >= 4 is 17.6 Å². The van der Waals surface area contributed by atoms with Crippen LogP contribution in [0.3, 0.4) is 0 Å². The van der Waals surface area contributed by atoms with Crippen LogP contribution in [-0.2, 0) is 16.8 Å². The molecule has 0 bridgehead atoms. The summed E-state index contributed by atoms with van der Waals surface area (Å²) >= 11 is 0. The number of furan rings is 1. The molecule has 8 heteroatoms. The number of carbonyl (C=O) groups is 1. The maximum atomic E-state index is 11.5. The fourth-order valence-electron chi connectivity index (χ4n) is 3.61. The molecule has 1 aliphatic heterocycles. The van der Waals surface area contributed by atoms with Crippen molar-refractivity contribution < 1.29 is 19.1 Å². The summed E-state index contributed by atoms with van der Waals surface area (Å²) in [6, 6.07) is 7.56. The second-order valence-corrected chi connectivity index (χ2v) is 7.94. The van der Waals surface area contributed by atoms with E-state index in [-0.39, 0.29) is 12.5 Å². The molecular weight excluding hydrogens is 396 g/mol. The van der Waals surface area contributed by atoms with Crippen molar-refractivity contribution in [3.05, 3.63) is 46.9 Å². The number of rotatable bonds is 8. The summed E-state index contributed by atoms with van der Waals surface area (Å²) in [6.07, 6.45) is 1.23. The van der Waals surface area contributed by atoms with Crippen LogP contribution in [0.15, 0.2) is 33.7 Å². The molecule has 0 saturated carbocycles. The Kier molecular flexibility index (Phi) is 7.22. The Balaban J connectivity index is 1.52. The summed E-state index contributed by atoms with van der Waals surface area (Å²) in [5.74, 6) is 2.90. The van der Waals surface area contributed by atoms with Gasteiger partial charge in [0.1, 0.15) is 29.5 Å². The third kappa shape index (κ3) is 6.01. The SMILES string of the molecule is CCNC(=NCC(C)(O)c1cc(C)oc1C)NCCOc1ccc2c(c1)CCC(=O)N2. The van der Waals surface area contributed by atoms with Gasteiger partial charge in [-0.15, -0.1) is 0 Å². The zero-order valence-corrected chi connectivity index (χ0v) is 18.7. The topological polar surface area (TPSA) is 108 Å². The van der Waals surface area contributed by atoms with Crippen LogP contribution in [0.5, 0.6) is 5.75 Å². The zero-order chi connectivity index (χ0) is 22.4. The number of hydrogen-bond acceptors (Lipinski definition) is 5. The monoisotopic (exact) mass is 428 g/mol. The summed E-state index contributed by atoms with van der Waals surface area (Å²) in [4.78, 5) is 16.0. The van der Waals surface area contributed by atoms with Gasteiger partial charge in [0, 0.05) is 24.2 Å². The van der Waals surface area contributed by atoms with Gasteiger partial charge < -0.3 is 30.2 Å². The highest BCUT2D eigenvalue weighted by Gasteiger charge is 2.27. The molecule has 31 heavy (non-hydrogen) atoms. The first kappa shape index (κ1) is 22.7. The number of guanidine groups is 1. The largest absolute Gasteiger partial charge is 0.492 e. The van der Waals surface area contributed by atoms with E-state index in [1.54, 1.807) is 6.92 Å². The van der Waals surface area contributed by atoms with Gasteiger partial charge in [0.25, 0.3) is 0 Å². The smallest absolute Gasteiger partial charge is 0.224 e. The van der Waals surface area contributed by atoms with Crippen molar-refractivity contribution in [1.82, 2.24) is 10.6 Å². The van der Waals surface area contributed by atoms with E-state index in [4.69, 9.17) is 9.15 Å². The Bertz CT molecular complexity index is 949. The zero-order valence-electron chi connectivity index (χ0n) is 18.7. The highest BCUT2D eigenvalue weighted by atomic mass is 16.5. The second-order valence-electron chi connectivity index (χ2n) is 7.94. The summed E-state index contributed by atoms with van der Waals surface area (Å²) in [6.45, 7) is 9.32. The Morgan fingerprint density at radius 3 is 2.81 bits per heavy atom. The van der Waals surface area contributed by atoms with E-state index < -0.39 is 5.60 Å². The highest BCUT2D eigenvalue weighted by molar-refractivity contribution is 5.94. The molecule has 1 unspecified atom stereocenters. The molecule has 1 atom stereocenters. The number of aliphatic hydroxyl groups is 1. The minimum atomic E-state index is -1.13. The lowest BCUT2D eigenvalue weighted by Gasteiger charge is -2.21. The molecule has 2 aromatic rings. The molecule has 8 nitrogen and oxygen atoms in total. The maximum absolute atomic E-state index is 11.5. The number of amides is 1. The van der Waals surface area contributed by atoms with E-state index >= 15 is 0 Å². The predicted octanol–water partition coefficient (Wildman–Crippen LogP) is 2.62. The van der Waals surface area contributed by atoms with Crippen molar-refractivity contribution in [2.24, 2.45) is 4.99 Å². The van der Waals surface area contributed by atoms with Crippen LogP contribution in [-0.4, -0.2) is 43.2 Å². The number of carbonyl (C=O) groups excluding carboxylic acids is 1. The standard InChI is InChI=1S/C23H32N4O4/c1-5-24-22(26-14-23(4,29)19-12-15(2)31-16(19)3)25-10-11-30-18-7-8-20-17(13-18)6-9-21(28)27-20/h7-8,12-13,29H,5-6,9-11,14H2,1-4H3,(H,27,28)(H2,24,25,26). The van der Waals surface area contributed by atoms with Gasteiger partial charge in [-0.2, -0.15) is 0 Å². The quantitative estimate of drug-likeness (QED) is 0.292. The molecule has 1 aromatic heterocycles. The molecule has 1 amide bonds. The lowest BCUT2D eigenvalue weighted by molar-refractivity contribution is -0.116. The molecule has 2 heterocycles. The molecule has 0 radical (unpaired) electrons. The third-order valence-electron chi connectivity index (χ3n) is 5.15. The van der Waals surface area contributed by atoms with Gasteiger partial charge >= 0.3 is 0 Å². The Morgan fingerprint density at radius 1 is 1.29 bits per heavy atom. The summed E-state index contributed by atoms with van der Waals surface area (Å²) in [7, 11) is 0. The molecule has 0 fully saturated rings. The number of benzene rings is 1. The average Bonchev–Trinajstić information content (AvgIpc) is 3.08.